The summed E-state index contributed by atoms with van der Waals surface area (Å²) in [5.41, 5.74) is 14.3. The van der Waals surface area contributed by atoms with Gasteiger partial charge in [-0.2, -0.15) is 12.6 Å². The van der Waals surface area contributed by atoms with Crippen molar-refractivity contribution in [2.45, 2.75) is 87.8 Å². The Hall–Kier alpha value is -5.95. The van der Waals surface area contributed by atoms with Crippen LogP contribution in [-0.2, 0) is 48.0 Å². The van der Waals surface area contributed by atoms with Crippen LogP contribution in [0.3, 0.4) is 0 Å². The van der Waals surface area contributed by atoms with Crippen LogP contribution < -0.4 is 38.1 Å². The first-order valence-electron chi connectivity index (χ1n) is 19.6. The highest BCUT2D eigenvalue weighted by Gasteiger charge is 2.35. The van der Waals surface area contributed by atoms with Gasteiger partial charge in [-0.1, -0.05) is 60.7 Å². The van der Waals surface area contributed by atoms with Gasteiger partial charge in [-0.25, -0.2) is 4.79 Å². The number of thiol groups is 1. The lowest BCUT2D eigenvalue weighted by Crippen LogP contribution is -2.61. The number of aromatic amines is 1. The van der Waals surface area contributed by atoms with Gasteiger partial charge in [0, 0.05) is 42.1 Å². The number of para-hydroxylation sites is 1. The third kappa shape index (κ3) is 13.8. The van der Waals surface area contributed by atoms with Crippen LogP contribution in [0.5, 0.6) is 5.75 Å². The maximum atomic E-state index is 14.4. The average molecular weight is 847 g/mol. The summed E-state index contributed by atoms with van der Waals surface area (Å²) in [6.07, 6.45) is 0.926. The van der Waals surface area contributed by atoms with Crippen molar-refractivity contribution in [1.82, 2.24) is 31.6 Å². The number of aliphatic hydroxyl groups excluding tert-OH is 1. The summed E-state index contributed by atoms with van der Waals surface area (Å²) in [5, 5.41) is 44.0. The molecule has 3 aromatic carbocycles. The Morgan fingerprint density at radius 3 is 1.87 bits per heavy atom. The molecule has 0 aliphatic rings. The van der Waals surface area contributed by atoms with Crippen molar-refractivity contribution < 1.29 is 44.1 Å². The number of aromatic hydroxyl groups is 1. The second kappa shape index (κ2) is 23.0. The van der Waals surface area contributed by atoms with Crippen molar-refractivity contribution in [2.24, 2.45) is 11.5 Å². The number of rotatable bonds is 23. The molecule has 1 aromatic heterocycles. The molecule has 4 aromatic rings. The molecule has 60 heavy (non-hydrogen) atoms. The number of nitrogens with two attached hydrogens (primary N) is 2. The Morgan fingerprint density at radius 1 is 0.683 bits per heavy atom. The first-order valence-corrected chi connectivity index (χ1v) is 20.2. The maximum Gasteiger partial charge on any atom is 0.326 e. The van der Waals surface area contributed by atoms with Crippen LogP contribution in [0.15, 0.2) is 85.1 Å². The van der Waals surface area contributed by atoms with E-state index in [9.17, 15) is 44.1 Å². The average Bonchev–Trinajstić information content (AvgIpc) is 3.64. The molecule has 13 N–H and O–H groups in total. The lowest BCUT2D eigenvalue weighted by atomic mass is 10.0. The molecule has 0 spiro atoms. The largest absolute Gasteiger partial charge is 0.508 e. The SMILES string of the molecule is C[C@@H](O)[C@H](NC(=O)[C@H](CCCCN)NC(=O)[C@@H](Cc1c[nH]c2ccccc12)NC(=O)[C@H](Cc1ccc(O)cc1)NC(=O)[C@@H](N)CS)C(=O)N[C@@H](Cc1ccccc1)C(=O)O. The lowest BCUT2D eigenvalue weighted by molar-refractivity contribution is -0.143. The maximum absolute atomic E-state index is 14.4. The predicted molar refractivity (Wildman–Crippen MR) is 228 cm³/mol. The van der Waals surface area contributed by atoms with Crippen molar-refractivity contribution in [3.8, 4) is 5.75 Å². The zero-order valence-corrected chi connectivity index (χ0v) is 34.1. The summed E-state index contributed by atoms with van der Waals surface area (Å²) in [6.45, 7) is 1.53. The minimum Gasteiger partial charge on any atom is -0.508 e. The molecule has 0 fully saturated rings. The van der Waals surface area contributed by atoms with Crippen LogP contribution >= 0.6 is 12.6 Å². The van der Waals surface area contributed by atoms with E-state index in [-0.39, 0.29) is 43.7 Å². The second-order valence-corrected chi connectivity index (χ2v) is 14.9. The highest BCUT2D eigenvalue weighted by Crippen LogP contribution is 2.20. The first-order chi connectivity index (χ1) is 28.7. The van der Waals surface area contributed by atoms with Crippen LogP contribution in [0.1, 0.15) is 42.9 Å². The van der Waals surface area contributed by atoms with E-state index < -0.39 is 77.9 Å². The number of aliphatic hydroxyl groups is 1. The molecule has 0 aliphatic carbocycles. The molecule has 0 saturated heterocycles. The fourth-order valence-corrected chi connectivity index (χ4v) is 6.61. The number of amides is 5. The summed E-state index contributed by atoms with van der Waals surface area (Å²) in [5.74, 6) is -5.35. The monoisotopic (exact) mass is 846 g/mol. The van der Waals surface area contributed by atoms with Gasteiger partial charge in [0.2, 0.25) is 29.5 Å². The zero-order chi connectivity index (χ0) is 43.8. The number of hydrogen-bond donors (Lipinski definition) is 12. The number of nitrogens with one attached hydrogen (secondary N) is 6. The number of benzene rings is 3. The van der Waals surface area contributed by atoms with Gasteiger partial charge in [0.25, 0.3) is 0 Å². The second-order valence-electron chi connectivity index (χ2n) is 14.5. The van der Waals surface area contributed by atoms with Crippen LogP contribution in [0.2, 0.25) is 0 Å². The Balaban J connectivity index is 1.61. The van der Waals surface area contributed by atoms with E-state index in [0.29, 0.717) is 29.5 Å². The highest BCUT2D eigenvalue weighted by atomic mass is 32.1. The third-order valence-corrected chi connectivity index (χ3v) is 10.2. The van der Waals surface area contributed by atoms with Crippen molar-refractivity contribution in [3.63, 3.8) is 0 Å². The van der Waals surface area contributed by atoms with Crippen LogP contribution in [0.25, 0.3) is 10.9 Å². The molecule has 1 heterocycles. The topological polar surface area (TPSA) is 291 Å². The normalized spacial score (nSPS) is 14.7. The van der Waals surface area contributed by atoms with Crippen LogP contribution in [0.4, 0.5) is 0 Å². The Kier molecular flexibility index (Phi) is 17.9. The summed E-state index contributed by atoms with van der Waals surface area (Å²) in [4.78, 5) is 84.0. The fourth-order valence-electron chi connectivity index (χ4n) is 6.45. The van der Waals surface area contributed by atoms with Gasteiger partial charge in [-0.05, 0) is 67.6 Å². The smallest absolute Gasteiger partial charge is 0.326 e. The summed E-state index contributed by atoms with van der Waals surface area (Å²) < 4.78 is 0. The molecule has 0 saturated carbocycles. The van der Waals surface area contributed by atoms with Crippen LogP contribution in [0, 0.1) is 0 Å². The highest BCUT2D eigenvalue weighted by molar-refractivity contribution is 7.80. The van der Waals surface area contributed by atoms with Crippen molar-refractivity contribution in [1.29, 1.82) is 0 Å². The van der Waals surface area contributed by atoms with Gasteiger partial charge in [-0.15, -0.1) is 0 Å². The quantitative estimate of drug-likeness (QED) is 0.0353. The van der Waals surface area contributed by atoms with E-state index >= 15 is 0 Å². The number of phenols is 1. The Morgan fingerprint density at radius 2 is 1.23 bits per heavy atom. The Bertz CT molecular complexity index is 2060. The number of H-pyrrole nitrogens is 1. The van der Waals surface area contributed by atoms with Gasteiger partial charge >= 0.3 is 5.97 Å². The molecule has 7 atom stereocenters. The van der Waals surface area contributed by atoms with Gasteiger partial charge in [0.05, 0.1) is 12.1 Å². The fraction of sp³-hybridized carbons (Fsp3) is 0.381. The van der Waals surface area contributed by atoms with E-state index in [2.05, 4.69) is 44.2 Å². The molecule has 322 valence electrons. The Labute approximate surface area is 352 Å². The first kappa shape index (κ1) is 46.7. The standard InChI is InChI=1S/C42H54N8O9S/c1-24(51)36(41(57)49-35(42(58)59)20-25-9-3-2-4-10-25)50-38(54)32(13-7-8-18-43)46-40(56)34(21-27-22-45-31-12-6-5-11-29(27)31)48-39(55)33(47-37(53)30(44)23-60)19-26-14-16-28(52)17-15-26/h2-6,9-12,14-17,22,24,30,32-36,45,51-52,60H,7-8,13,18-21,23,43-44H2,1H3,(H,46,56)(H,47,53)(H,48,55)(H,49,57)(H,50,54)(H,58,59)/t24-,30+,32+,33+,34-,35+,36+/m1/s1. The van der Waals surface area contributed by atoms with Crippen LogP contribution in [-0.4, -0.2) is 110 Å². The van der Waals surface area contributed by atoms with E-state index in [0.717, 1.165) is 10.9 Å². The molecule has 0 radical (unpaired) electrons. The van der Waals surface area contributed by atoms with E-state index in [4.69, 9.17) is 11.5 Å². The molecule has 17 nitrogen and oxygen atoms in total. The summed E-state index contributed by atoms with van der Waals surface area (Å²) in [7, 11) is 0. The number of hydrogen-bond acceptors (Lipinski definition) is 11. The van der Waals surface area contributed by atoms with Crippen molar-refractivity contribution in [2.75, 3.05) is 12.3 Å². The molecule has 0 aliphatic heterocycles. The van der Waals surface area contributed by atoms with Gasteiger partial charge in [0.15, 0.2) is 0 Å². The molecular weight excluding hydrogens is 793 g/mol. The number of unbranched alkanes of at least 4 members (excludes halogenated alkanes) is 1. The van der Waals surface area contributed by atoms with E-state index in [1.54, 1.807) is 48.7 Å². The number of aliphatic carboxylic acids is 1. The van der Waals surface area contributed by atoms with Crippen molar-refractivity contribution in [3.05, 3.63) is 102 Å². The van der Waals surface area contributed by atoms with Gasteiger partial charge in [-0.3, -0.25) is 24.0 Å². The predicted octanol–water partition coefficient (Wildman–Crippen LogP) is 0.177. The number of carboxylic acids is 1. The molecule has 0 bridgehead atoms. The molecule has 0 unspecified atom stereocenters. The van der Waals surface area contributed by atoms with Crippen molar-refractivity contribution >= 4 is 59.0 Å². The van der Waals surface area contributed by atoms with Gasteiger partial charge < -0.3 is 58.4 Å². The molecule has 18 heteroatoms. The minimum absolute atomic E-state index is 0.00527. The molecule has 4 rings (SSSR count). The number of fused-ring (bicyclic) bond motifs is 1. The summed E-state index contributed by atoms with van der Waals surface area (Å²) in [6, 6.07) is 14.0. The van der Waals surface area contributed by atoms with Gasteiger partial charge in [0.1, 0.15) is 36.0 Å². The molecule has 5 amide bonds. The number of carbonyl (C=O) groups is 6. The van der Waals surface area contributed by atoms with E-state index in [1.165, 1.54) is 19.1 Å². The minimum atomic E-state index is -1.61. The van der Waals surface area contributed by atoms with E-state index in [1.807, 2.05) is 24.3 Å². The number of carboxylic acid groups (broad SMARTS) is 1. The molecular formula is C42H54N8O9S. The summed E-state index contributed by atoms with van der Waals surface area (Å²) >= 11 is 4.09. The number of aromatic nitrogens is 1. The third-order valence-electron chi connectivity index (χ3n) is 9.81. The zero-order valence-electron chi connectivity index (χ0n) is 33.2. The lowest BCUT2D eigenvalue weighted by Gasteiger charge is -2.28. The number of carbonyl (C=O) groups excluding carboxylic acids is 5. The number of phenolic OH excluding ortho intramolecular Hbond substituents is 1.